The number of para-hydroxylation sites is 1. The van der Waals surface area contributed by atoms with E-state index in [0.717, 1.165) is 16.1 Å². The van der Waals surface area contributed by atoms with Crippen LogP contribution in [0.4, 0.5) is 5.69 Å². The lowest BCUT2D eigenvalue weighted by atomic mass is 10.1. The summed E-state index contributed by atoms with van der Waals surface area (Å²) in [5, 5.41) is 4.39. The summed E-state index contributed by atoms with van der Waals surface area (Å²) in [5.41, 5.74) is 2.77. The fourth-order valence-corrected chi connectivity index (χ4v) is 4.16. The molecule has 7 heteroatoms. The van der Waals surface area contributed by atoms with E-state index in [2.05, 4.69) is 10.1 Å². The zero-order valence-corrected chi connectivity index (χ0v) is 16.0. The molecule has 0 unspecified atom stereocenters. The highest BCUT2D eigenvalue weighted by Gasteiger charge is 2.35. The Labute approximate surface area is 163 Å². The van der Waals surface area contributed by atoms with Crippen LogP contribution in [0, 0.1) is 6.92 Å². The molecule has 1 aliphatic heterocycles. The smallest absolute Gasteiger partial charge is 0.273 e. The van der Waals surface area contributed by atoms with Gasteiger partial charge in [0.25, 0.3) is 15.9 Å². The molecule has 28 heavy (non-hydrogen) atoms. The van der Waals surface area contributed by atoms with Gasteiger partial charge in [0.05, 0.1) is 10.5 Å². The predicted octanol–water partition coefficient (Wildman–Crippen LogP) is 3.46. The molecule has 0 saturated carbocycles. The number of anilines is 1. The molecule has 1 amide bonds. The summed E-state index contributed by atoms with van der Waals surface area (Å²) in [5.74, 6) is -0.418. The molecule has 0 aliphatic carbocycles. The number of hydrogen-bond acceptors (Lipinski definition) is 4. The molecule has 3 aromatic rings. The molecular formula is C21H19N3O3S. The van der Waals surface area contributed by atoms with Crippen LogP contribution in [-0.2, 0) is 10.0 Å². The van der Waals surface area contributed by atoms with Gasteiger partial charge >= 0.3 is 0 Å². The molecule has 0 spiro atoms. The molecule has 0 saturated heterocycles. The lowest BCUT2D eigenvalue weighted by Gasteiger charge is -2.37. The molecule has 4 rings (SSSR count). The van der Waals surface area contributed by atoms with E-state index in [1.54, 1.807) is 30.3 Å². The number of hydrazine groups is 1. The van der Waals surface area contributed by atoms with Crippen molar-refractivity contribution in [3.05, 3.63) is 95.6 Å². The lowest BCUT2D eigenvalue weighted by Crippen LogP contribution is -2.52. The zero-order valence-electron chi connectivity index (χ0n) is 15.2. The van der Waals surface area contributed by atoms with E-state index in [1.807, 2.05) is 43.3 Å². The van der Waals surface area contributed by atoms with Gasteiger partial charge in [-0.15, -0.1) is 4.83 Å². The van der Waals surface area contributed by atoms with Crippen molar-refractivity contribution in [1.29, 1.82) is 0 Å². The number of sulfonamides is 1. The molecule has 0 bridgehead atoms. The van der Waals surface area contributed by atoms with Crippen LogP contribution in [0.1, 0.15) is 27.7 Å². The van der Waals surface area contributed by atoms with E-state index in [1.165, 1.54) is 12.1 Å². The first-order valence-electron chi connectivity index (χ1n) is 8.79. The number of amides is 1. The summed E-state index contributed by atoms with van der Waals surface area (Å²) >= 11 is 0. The third kappa shape index (κ3) is 3.37. The molecule has 6 nitrogen and oxygen atoms in total. The van der Waals surface area contributed by atoms with Gasteiger partial charge in [0.2, 0.25) is 0 Å². The SMILES string of the molecule is Cc1ccc(S(=O)(=O)NN2C(=O)c3ccccc3N[C@H]2c2ccccc2)cc1. The summed E-state index contributed by atoms with van der Waals surface area (Å²) in [6.07, 6.45) is -0.677. The number of aryl methyl sites for hydroxylation is 1. The Morgan fingerprint density at radius 1 is 0.893 bits per heavy atom. The molecule has 1 heterocycles. The maximum atomic E-state index is 13.1. The molecule has 1 atom stereocenters. The first-order valence-corrected chi connectivity index (χ1v) is 10.3. The van der Waals surface area contributed by atoms with Crippen molar-refractivity contribution in [3.8, 4) is 0 Å². The zero-order chi connectivity index (χ0) is 19.7. The van der Waals surface area contributed by atoms with Gasteiger partial charge in [-0.1, -0.05) is 60.2 Å². The lowest BCUT2D eigenvalue weighted by molar-refractivity contribution is 0.0633. The van der Waals surface area contributed by atoms with Crippen LogP contribution in [0.5, 0.6) is 0 Å². The van der Waals surface area contributed by atoms with Gasteiger partial charge in [-0.25, -0.2) is 13.4 Å². The van der Waals surface area contributed by atoms with E-state index < -0.39 is 22.1 Å². The number of benzene rings is 3. The maximum absolute atomic E-state index is 13.1. The van der Waals surface area contributed by atoms with E-state index in [4.69, 9.17) is 0 Å². The minimum absolute atomic E-state index is 0.0940. The molecule has 1 aliphatic rings. The number of rotatable bonds is 4. The average Bonchev–Trinajstić information content (AvgIpc) is 2.71. The van der Waals surface area contributed by atoms with Gasteiger partial charge in [0.15, 0.2) is 0 Å². The molecule has 0 radical (unpaired) electrons. The van der Waals surface area contributed by atoms with Crippen LogP contribution in [0.15, 0.2) is 83.8 Å². The molecule has 142 valence electrons. The highest BCUT2D eigenvalue weighted by molar-refractivity contribution is 7.89. The maximum Gasteiger partial charge on any atom is 0.273 e. The highest BCUT2D eigenvalue weighted by Crippen LogP contribution is 2.32. The minimum Gasteiger partial charge on any atom is -0.360 e. The van der Waals surface area contributed by atoms with Crippen LogP contribution in [0.2, 0.25) is 0 Å². The number of nitrogens with zero attached hydrogens (tertiary/aromatic N) is 1. The van der Waals surface area contributed by atoms with Crippen molar-refractivity contribution in [1.82, 2.24) is 9.84 Å². The second kappa shape index (κ2) is 7.10. The second-order valence-corrected chi connectivity index (χ2v) is 8.25. The topological polar surface area (TPSA) is 78.5 Å². The van der Waals surface area contributed by atoms with Crippen LogP contribution >= 0.6 is 0 Å². The largest absolute Gasteiger partial charge is 0.360 e. The Kier molecular flexibility index (Phi) is 4.62. The second-order valence-electron chi connectivity index (χ2n) is 6.59. The highest BCUT2D eigenvalue weighted by atomic mass is 32.2. The number of carbonyl (C=O) groups excluding carboxylic acids is 1. The molecule has 0 aromatic heterocycles. The number of hydrogen-bond donors (Lipinski definition) is 2. The van der Waals surface area contributed by atoms with Crippen molar-refractivity contribution in [2.45, 2.75) is 18.0 Å². The summed E-state index contributed by atoms with van der Waals surface area (Å²) in [7, 11) is -3.94. The van der Waals surface area contributed by atoms with Crippen molar-refractivity contribution in [2.75, 3.05) is 5.32 Å². The summed E-state index contributed by atoms with van der Waals surface area (Å²) < 4.78 is 25.8. The van der Waals surface area contributed by atoms with Crippen LogP contribution in [-0.4, -0.2) is 19.3 Å². The van der Waals surface area contributed by atoms with Gasteiger partial charge in [0.1, 0.15) is 6.17 Å². The predicted molar refractivity (Wildman–Crippen MR) is 107 cm³/mol. The summed E-state index contributed by atoms with van der Waals surface area (Å²) in [6.45, 7) is 1.88. The Morgan fingerprint density at radius 3 is 2.25 bits per heavy atom. The number of carbonyl (C=O) groups is 1. The van der Waals surface area contributed by atoms with Gasteiger partial charge in [-0.3, -0.25) is 4.79 Å². The normalized spacial score (nSPS) is 16.4. The van der Waals surface area contributed by atoms with Crippen molar-refractivity contribution in [3.63, 3.8) is 0 Å². The Hall–Kier alpha value is -3.16. The van der Waals surface area contributed by atoms with Crippen molar-refractivity contribution < 1.29 is 13.2 Å². The van der Waals surface area contributed by atoms with Crippen LogP contribution in [0.3, 0.4) is 0 Å². The monoisotopic (exact) mass is 393 g/mol. The van der Waals surface area contributed by atoms with Gasteiger partial charge in [-0.2, -0.15) is 0 Å². The van der Waals surface area contributed by atoms with Crippen molar-refractivity contribution in [2.24, 2.45) is 0 Å². The first-order chi connectivity index (χ1) is 13.5. The van der Waals surface area contributed by atoms with E-state index in [9.17, 15) is 13.2 Å². The summed E-state index contributed by atoms with van der Waals surface area (Å²) in [4.78, 5) is 15.7. The number of fused-ring (bicyclic) bond motifs is 1. The third-order valence-electron chi connectivity index (χ3n) is 4.59. The summed E-state index contributed by atoms with van der Waals surface area (Å²) in [6, 6.07) is 22.7. The first kappa shape index (κ1) is 18.2. The van der Waals surface area contributed by atoms with Crippen LogP contribution in [0.25, 0.3) is 0 Å². The van der Waals surface area contributed by atoms with Gasteiger partial charge in [0, 0.05) is 5.69 Å². The standard InChI is InChI=1S/C21H19N3O3S/c1-15-11-13-17(14-12-15)28(26,27)23-24-20(16-7-3-2-4-8-16)22-19-10-6-5-9-18(19)21(24)25/h2-14,20,22-23H,1H3/t20-/m1/s1. The molecular weight excluding hydrogens is 374 g/mol. The quantitative estimate of drug-likeness (QED) is 0.712. The van der Waals surface area contributed by atoms with E-state index in [-0.39, 0.29) is 4.90 Å². The van der Waals surface area contributed by atoms with E-state index in [0.29, 0.717) is 11.3 Å². The van der Waals surface area contributed by atoms with E-state index >= 15 is 0 Å². The number of nitrogens with one attached hydrogen (secondary N) is 2. The minimum atomic E-state index is -3.94. The molecule has 0 fully saturated rings. The molecule has 3 aromatic carbocycles. The van der Waals surface area contributed by atoms with Gasteiger partial charge in [-0.05, 0) is 36.8 Å². The van der Waals surface area contributed by atoms with Crippen LogP contribution < -0.4 is 10.1 Å². The fourth-order valence-electron chi connectivity index (χ4n) is 3.12. The fraction of sp³-hybridized carbons (Fsp3) is 0.0952. The van der Waals surface area contributed by atoms with Crippen molar-refractivity contribution >= 4 is 21.6 Å². The average molecular weight is 393 g/mol. The third-order valence-corrected chi connectivity index (χ3v) is 5.92. The Bertz CT molecular complexity index is 1110. The Balaban J connectivity index is 1.75. The van der Waals surface area contributed by atoms with Gasteiger partial charge < -0.3 is 5.32 Å². The molecule has 2 N–H and O–H groups in total. The Morgan fingerprint density at radius 2 is 1.54 bits per heavy atom.